The molecule has 42 heavy (non-hydrogen) atoms. The third kappa shape index (κ3) is 5.90. The summed E-state index contributed by atoms with van der Waals surface area (Å²) in [5.41, 5.74) is -5.11. The number of fused-ring (bicyclic) bond motifs is 1. The van der Waals surface area contributed by atoms with E-state index in [0.29, 0.717) is 38.1 Å². The first-order valence-electron chi connectivity index (χ1n) is 12.8. The van der Waals surface area contributed by atoms with Crippen molar-refractivity contribution in [3.63, 3.8) is 0 Å². The molecule has 3 aromatic heterocycles. The second-order valence-electron chi connectivity index (χ2n) is 10.3. The van der Waals surface area contributed by atoms with Gasteiger partial charge in [-0.25, -0.2) is 23.8 Å². The Morgan fingerprint density at radius 1 is 0.881 bits per heavy atom. The molecule has 0 spiro atoms. The molecule has 1 N–H and O–H groups in total. The smallest absolute Gasteiger partial charge is 0.312 e. The van der Waals surface area contributed by atoms with Crippen LogP contribution in [0.2, 0.25) is 0 Å². The van der Waals surface area contributed by atoms with Gasteiger partial charge in [-0.3, -0.25) is 9.59 Å². The van der Waals surface area contributed by atoms with Crippen LogP contribution in [0.5, 0.6) is 0 Å². The van der Waals surface area contributed by atoms with Crippen LogP contribution in [0.1, 0.15) is 42.4 Å². The lowest BCUT2D eigenvalue weighted by Gasteiger charge is -2.30. The number of benzene rings is 1. The van der Waals surface area contributed by atoms with Gasteiger partial charge in [-0.1, -0.05) is 12.8 Å². The summed E-state index contributed by atoms with van der Waals surface area (Å²) in [4.78, 5) is 32.0. The van der Waals surface area contributed by atoms with Gasteiger partial charge in [0.1, 0.15) is 17.2 Å². The number of aromatic nitrogens is 5. The van der Waals surface area contributed by atoms with Crippen molar-refractivity contribution < 1.29 is 35.1 Å². The minimum atomic E-state index is -4.86. The SMILES string of the molecule is O=c1[nH]ncc(C[C@H]2CCC[C@@H](Cn3cc(F)c4cc(-c5ncc(C(F)(F)F)cn5)c(F)cc4c3=O)C2)c1C(F)(F)F. The van der Waals surface area contributed by atoms with Crippen LogP contribution in [0.4, 0.5) is 35.1 Å². The van der Waals surface area contributed by atoms with Crippen molar-refractivity contribution in [2.24, 2.45) is 11.8 Å². The molecule has 2 atom stereocenters. The summed E-state index contributed by atoms with van der Waals surface area (Å²) < 4.78 is 110. The van der Waals surface area contributed by atoms with E-state index in [2.05, 4.69) is 15.1 Å². The minimum Gasteiger partial charge on any atom is -0.312 e. The highest BCUT2D eigenvalue weighted by atomic mass is 19.4. The van der Waals surface area contributed by atoms with Crippen LogP contribution >= 0.6 is 0 Å². The van der Waals surface area contributed by atoms with Gasteiger partial charge in [0.15, 0.2) is 5.82 Å². The molecule has 0 amide bonds. The average molecular weight is 599 g/mol. The summed E-state index contributed by atoms with van der Waals surface area (Å²) in [6.45, 7) is 0.0212. The van der Waals surface area contributed by atoms with E-state index in [1.165, 1.54) is 0 Å². The molecule has 1 saturated carbocycles. The second-order valence-corrected chi connectivity index (χ2v) is 10.3. The first-order valence-corrected chi connectivity index (χ1v) is 12.8. The number of H-pyrrole nitrogens is 1. The van der Waals surface area contributed by atoms with Crippen molar-refractivity contribution in [1.29, 1.82) is 0 Å². The first kappa shape index (κ1) is 29.3. The Bertz CT molecular complexity index is 1750. The summed E-state index contributed by atoms with van der Waals surface area (Å²) in [7, 11) is 0. The number of alkyl halides is 6. The molecule has 222 valence electrons. The molecule has 0 aliphatic heterocycles. The number of nitrogens with zero attached hydrogens (tertiary/aromatic N) is 4. The Balaban J connectivity index is 1.39. The predicted octanol–water partition coefficient (Wildman–Crippen LogP) is 5.91. The van der Waals surface area contributed by atoms with E-state index < -0.39 is 57.6 Å². The van der Waals surface area contributed by atoms with Crippen molar-refractivity contribution in [3.05, 3.63) is 86.0 Å². The van der Waals surface area contributed by atoms with Crippen LogP contribution in [0.3, 0.4) is 0 Å². The number of pyridine rings is 1. The van der Waals surface area contributed by atoms with Crippen molar-refractivity contribution in [2.45, 2.75) is 51.0 Å². The molecule has 5 rings (SSSR count). The molecule has 1 aromatic carbocycles. The van der Waals surface area contributed by atoms with Crippen molar-refractivity contribution in [3.8, 4) is 11.4 Å². The van der Waals surface area contributed by atoms with Crippen molar-refractivity contribution >= 4 is 10.8 Å². The zero-order chi connectivity index (χ0) is 30.4. The number of nitrogens with one attached hydrogen (secondary N) is 1. The topological polar surface area (TPSA) is 93.5 Å². The highest BCUT2D eigenvalue weighted by Crippen LogP contribution is 2.36. The lowest BCUT2D eigenvalue weighted by Crippen LogP contribution is -2.29. The molecule has 1 fully saturated rings. The normalized spacial score (nSPS) is 18.0. The summed E-state index contributed by atoms with van der Waals surface area (Å²) in [6.07, 6.45) is -4.54. The molecule has 4 aromatic rings. The molecule has 0 saturated heterocycles. The highest BCUT2D eigenvalue weighted by Gasteiger charge is 2.38. The number of rotatable bonds is 5. The quantitative estimate of drug-likeness (QED) is 0.288. The Labute approximate surface area is 231 Å². The number of hydrogen-bond donors (Lipinski definition) is 1. The predicted molar refractivity (Wildman–Crippen MR) is 133 cm³/mol. The fraction of sp³-hybridized carbons (Fsp3) is 0.370. The number of halogens is 8. The Morgan fingerprint density at radius 3 is 2.24 bits per heavy atom. The molecule has 15 heteroatoms. The van der Waals surface area contributed by atoms with Gasteiger partial charge in [0, 0.05) is 30.5 Å². The van der Waals surface area contributed by atoms with Crippen molar-refractivity contribution in [2.75, 3.05) is 0 Å². The highest BCUT2D eigenvalue weighted by molar-refractivity contribution is 5.86. The van der Waals surface area contributed by atoms with Gasteiger partial charge in [0.25, 0.3) is 11.1 Å². The average Bonchev–Trinajstić information content (AvgIpc) is 2.90. The monoisotopic (exact) mass is 599 g/mol. The van der Waals surface area contributed by atoms with Crippen LogP contribution in [-0.2, 0) is 25.3 Å². The second kappa shape index (κ2) is 10.9. The van der Waals surface area contributed by atoms with Gasteiger partial charge in [-0.05, 0) is 48.8 Å². The maximum Gasteiger partial charge on any atom is 0.422 e. The van der Waals surface area contributed by atoms with E-state index in [1.54, 1.807) is 5.10 Å². The Morgan fingerprint density at radius 2 is 1.57 bits per heavy atom. The molecule has 1 aliphatic carbocycles. The Kier molecular flexibility index (Phi) is 7.62. The largest absolute Gasteiger partial charge is 0.422 e. The molecule has 1 aliphatic rings. The fourth-order valence-corrected chi connectivity index (χ4v) is 5.53. The van der Waals surface area contributed by atoms with Crippen LogP contribution in [0.15, 0.2) is 46.5 Å². The van der Waals surface area contributed by atoms with Gasteiger partial charge in [0.05, 0.1) is 22.7 Å². The van der Waals surface area contributed by atoms with Gasteiger partial charge in [-0.2, -0.15) is 31.4 Å². The van der Waals surface area contributed by atoms with Crippen molar-refractivity contribution in [1.82, 2.24) is 24.7 Å². The van der Waals surface area contributed by atoms with E-state index in [1.807, 2.05) is 0 Å². The maximum atomic E-state index is 15.2. The Hall–Kier alpha value is -4.17. The van der Waals surface area contributed by atoms with Gasteiger partial charge in [-0.15, -0.1) is 0 Å². The van der Waals surface area contributed by atoms with Crippen LogP contribution < -0.4 is 11.1 Å². The van der Waals surface area contributed by atoms with Crippen LogP contribution in [0.25, 0.3) is 22.2 Å². The molecule has 0 unspecified atom stereocenters. The van der Waals surface area contributed by atoms with E-state index >= 15 is 4.39 Å². The molecule has 0 radical (unpaired) electrons. The van der Waals surface area contributed by atoms with E-state index in [-0.39, 0.29) is 41.1 Å². The lowest BCUT2D eigenvalue weighted by molar-refractivity contribution is -0.139. The van der Waals surface area contributed by atoms with Crippen LogP contribution in [-0.4, -0.2) is 24.7 Å². The molecular weight excluding hydrogens is 578 g/mol. The zero-order valence-corrected chi connectivity index (χ0v) is 21.5. The first-order chi connectivity index (χ1) is 19.7. The molecule has 7 nitrogen and oxygen atoms in total. The lowest BCUT2D eigenvalue weighted by atomic mass is 9.78. The summed E-state index contributed by atoms with van der Waals surface area (Å²) in [6, 6.07) is 1.73. The maximum absolute atomic E-state index is 15.2. The van der Waals surface area contributed by atoms with Gasteiger partial charge >= 0.3 is 12.4 Å². The van der Waals surface area contributed by atoms with Crippen LogP contribution in [0, 0.1) is 23.5 Å². The minimum absolute atomic E-state index is 0.0212. The fourth-order valence-electron chi connectivity index (χ4n) is 5.53. The van der Waals surface area contributed by atoms with E-state index in [4.69, 9.17) is 0 Å². The standard InChI is InChI=1S/C27H21F8N5O2/c28-20-7-18-17(6-19(20)23-36-9-16(10-37-23)26(30,31)32)21(29)12-40(25(18)42)11-14-3-1-2-13(4-14)5-15-8-38-39-24(41)22(15)27(33,34)35/h6-10,12-14H,1-5,11H2,(H,39,41)/t13-,14+/m0/s1. The third-order valence-corrected chi connectivity index (χ3v) is 7.42. The van der Waals surface area contributed by atoms with E-state index in [9.17, 15) is 40.3 Å². The zero-order valence-electron chi connectivity index (χ0n) is 21.5. The van der Waals surface area contributed by atoms with Gasteiger partial charge in [0.2, 0.25) is 0 Å². The van der Waals surface area contributed by atoms with E-state index in [0.717, 1.165) is 29.1 Å². The van der Waals surface area contributed by atoms with Gasteiger partial charge < -0.3 is 4.57 Å². The molecular formula is C27H21F8N5O2. The summed E-state index contributed by atoms with van der Waals surface area (Å²) in [5.74, 6) is -2.83. The summed E-state index contributed by atoms with van der Waals surface area (Å²) >= 11 is 0. The number of aromatic amines is 1. The molecule has 0 bridgehead atoms. The molecule has 3 heterocycles. The third-order valence-electron chi connectivity index (χ3n) is 7.42. The summed E-state index contributed by atoms with van der Waals surface area (Å²) in [5, 5.41) is 4.72. The number of hydrogen-bond acceptors (Lipinski definition) is 5.